The number of H-pyrrole nitrogens is 1. The molecule has 0 aliphatic carbocycles. The fourth-order valence-corrected chi connectivity index (χ4v) is 1.97. The van der Waals surface area contributed by atoms with E-state index in [4.69, 9.17) is 0 Å². The monoisotopic (exact) mass is 278 g/mol. The Morgan fingerprint density at radius 2 is 1.43 bits per heavy atom. The first-order valence-corrected chi connectivity index (χ1v) is 6.53. The molecule has 0 bridgehead atoms. The summed E-state index contributed by atoms with van der Waals surface area (Å²) in [7, 11) is 0. The zero-order valence-electron chi connectivity index (χ0n) is 11.2. The third-order valence-corrected chi connectivity index (χ3v) is 3.11. The van der Waals surface area contributed by atoms with E-state index in [-0.39, 0.29) is 11.5 Å². The van der Waals surface area contributed by atoms with Gasteiger partial charge in [-0.3, -0.25) is 5.10 Å². The quantitative estimate of drug-likeness (QED) is 0.684. The van der Waals surface area contributed by atoms with Gasteiger partial charge in [0.2, 0.25) is 0 Å². The Balaban J connectivity index is 1.78. The van der Waals surface area contributed by atoms with E-state index < -0.39 is 0 Å². The number of aromatic hydroxyl groups is 2. The van der Waals surface area contributed by atoms with Crippen molar-refractivity contribution in [3.8, 4) is 22.8 Å². The minimum Gasteiger partial charge on any atom is -0.508 e. The third-order valence-electron chi connectivity index (χ3n) is 3.11. The van der Waals surface area contributed by atoms with Crippen molar-refractivity contribution >= 4 is 12.2 Å². The van der Waals surface area contributed by atoms with Crippen LogP contribution in [0.1, 0.15) is 11.3 Å². The van der Waals surface area contributed by atoms with Crippen molar-refractivity contribution in [3.05, 3.63) is 65.9 Å². The Labute approximate surface area is 122 Å². The normalized spacial score (nSPS) is 11.0. The molecule has 3 N–H and O–H groups in total. The first-order valence-electron chi connectivity index (χ1n) is 6.53. The van der Waals surface area contributed by atoms with Crippen molar-refractivity contribution in [2.45, 2.75) is 0 Å². The molecule has 0 spiro atoms. The predicted octanol–water partition coefficient (Wildman–Crippen LogP) is 3.66. The Hall–Kier alpha value is -3.01. The van der Waals surface area contributed by atoms with Gasteiger partial charge in [-0.1, -0.05) is 18.2 Å². The van der Waals surface area contributed by atoms with E-state index in [1.165, 1.54) is 0 Å². The van der Waals surface area contributed by atoms with Gasteiger partial charge in [0.05, 0.1) is 11.4 Å². The minimum absolute atomic E-state index is 0.238. The minimum atomic E-state index is 0.238. The molecule has 3 rings (SSSR count). The highest BCUT2D eigenvalue weighted by molar-refractivity contribution is 5.71. The molecule has 21 heavy (non-hydrogen) atoms. The molecular formula is C17H14N2O2. The van der Waals surface area contributed by atoms with E-state index >= 15 is 0 Å². The van der Waals surface area contributed by atoms with Gasteiger partial charge in [0.1, 0.15) is 11.5 Å². The summed E-state index contributed by atoms with van der Waals surface area (Å²) in [5.74, 6) is 0.491. The average Bonchev–Trinajstić information content (AvgIpc) is 2.96. The summed E-state index contributed by atoms with van der Waals surface area (Å²) in [4.78, 5) is 0. The largest absolute Gasteiger partial charge is 0.508 e. The molecule has 0 saturated heterocycles. The van der Waals surface area contributed by atoms with Gasteiger partial charge < -0.3 is 10.2 Å². The number of rotatable bonds is 3. The molecule has 0 amide bonds. The first kappa shape index (κ1) is 13.0. The Bertz CT molecular complexity index is 756. The summed E-state index contributed by atoms with van der Waals surface area (Å²) >= 11 is 0. The van der Waals surface area contributed by atoms with E-state index in [2.05, 4.69) is 10.2 Å². The van der Waals surface area contributed by atoms with Crippen LogP contribution in [-0.2, 0) is 0 Å². The highest BCUT2D eigenvalue weighted by Gasteiger charge is 2.02. The molecule has 104 valence electrons. The second kappa shape index (κ2) is 5.54. The fraction of sp³-hybridized carbons (Fsp3) is 0. The van der Waals surface area contributed by atoms with Crippen LogP contribution in [0.5, 0.6) is 11.5 Å². The average molecular weight is 278 g/mol. The molecule has 0 fully saturated rings. The van der Waals surface area contributed by atoms with Crippen molar-refractivity contribution in [1.29, 1.82) is 0 Å². The number of phenolic OH excluding ortho intramolecular Hbond substituents is 2. The van der Waals surface area contributed by atoms with Gasteiger partial charge in [-0.15, -0.1) is 0 Å². The molecule has 0 radical (unpaired) electrons. The van der Waals surface area contributed by atoms with Crippen molar-refractivity contribution in [2.24, 2.45) is 0 Å². The number of hydrogen-bond donors (Lipinski definition) is 3. The van der Waals surface area contributed by atoms with Crippen LogP contribution in [0, 0.1) is 0 Å². The second-order valence-electron chi connectivity index (χ2n) is 4.68. The molecule has 2 aromatic carbocycles. The van der Waals surface area contributed by atoms with Crippen LogP contribution in [0.2, 0.25) is 0 Å². The first-order chi connectivity index (χ1) is 10.2. The molecule has 0 atom stereocenters. The van der Waals surface area contributed by atoms with Gasteiger partial charge >= 0.3 is 0 Å². The Morgan fingerprint density at radius 3 is 2.10 bits per heavy atom. The van der Waals surface area contributed by atoms with Crippen molar-refractivity contribution in [1.82, 2.24) is 10.2 Å². The molecule has 0 aliphatic rings. The lowest BCUT2D eigenvalue weighted by atomic mass is 10.1. The van der Waals surface area contributed by atoms with E-state index in [1.54, 1.807) is 24.3 Å². The highest BCUT2D eigenvalue weighted by atomic mass is 16.3. The number of benzene rings is 2. The number of nitrogens with zero attached hydrogens (tertiary/aromatic N) is 1. The molecule has 0 saturated carbocycles. The van der Waals surface area contributed by atoms with Gasteiger partial charge in [-0.25, -0.2) is 0 Å². The maximum atomic E-state index is 9.28. The molecule has 4 heteroatoms. The summed E-state index contributed by atoms with van der Waals surface area (Å²) in [6, 6.07) is 15.8. The molecule has 0 aliphatic heterocycles. The van der Waals surface area contributed by atoms with Gasteiger partial charge in [0.15, 0.2) is 0 Å². The lowest BCUT2D eigenvalue weighted by Gasteiger charge is -1.95. The smallest absolute Gasteiger partial charge is 0.115 e. The predicted molar refractivity (Wildman–Crippen MR) is 82.7 cm³/mol. The molecule has 1 heterocycles. The summed E-state index contributed by atoms with van der Waals surface area (Å²) in [5, 5.41) is 25.7. The van der Waals surface area contributed by atoms with Crippen LogP contribution in [0.25, 0.3) is 23.4 Å². The number of hydrogen-bond acceptors (Lipinski definition) is 3. The molecule has 3 aromatic rings. The lowest BCUT2D eigenvalue weighted by molar-refractivity contribution is 0.475. The van der Waals surface area contributed by atoms with Crippen LogP contribution in [0.3, 0.4) is 0 Å². The van der Waals surface area contributed by atoms with Gasteiger partial charge in [-0.05, 0) is 54.1 Å². The number of aromatic nitrogens is 2. The second-order valence-corrected chi connectivity index (χ2v) is 4.68. The summed E-state index contributed by atoms with van der Waals surface area (Å²) < 4.78 is 0. The van der Waals surface area contributed by atoms with E-state index in [0.717, 1.165) is 22.5 Å². The lowest BCUT2D eigenvalue weighted by Crippen LogP contribution is -1.76. The maximum absolute atomic E-state index is 9.28. The van der Waals surface area contributed by atoms with E-state index in [9.17, 15) is 10.2 Å². The number of phenols is 2. The van der Waals surface area contributed by atoms with Crippen LogP contribution in [0.15, 0.2) is 54.6 Å². The maximum Gasteiger partial charge on any atom is 0.115 e. The van der Waals surface area contributed by atoms with Gasteiger partial charge in [0, 0.05) is 5.56 Å². The molecule has 0 unspecified atom stereocenters. The van der Waals surface area contributed by atoms with E-state index in [1.807, 2.05) is 42.5 Å². The number of nitrogens with one attached hydrogen (secondary N) is 1. The number of aromatic amines is 1. The zero-order valence-corrected chi connectivity index (χ0v) is 11.2. The van der Waals surface area contributed by atoms with Crippen LogP contribution < -0.4 is 0 Å². The Morgan fingerprint density at radius 1 is 0.810 bits per heavy atom. The molecule has 4 nitrogen and oxygen atoms in total. The topological polar surface area (TPSA) is 69.1 Å². The summed E-state index contributed by atoms with van der Waals surface area (Å²) in [6.45, 7) is 0. The zero-order chi connectivity index (χ0) is 14.7. The van der Waals surface area contributed by atoms with Crippen LogP contribution >= 0.6 is 0 Å². The standard InChI is InChI=1S/C17H14N2O2/c20-15-7-2-12(3-8-15)1-6-14-11-17(19-18-14)13-4-9-16(21)10-5-13/h1-11,20-21H,(H,18,19)/b6-1+. The van der Waals surface area contributed by atoms with Gasteiger partial charge in [0.25, 0.3) is 0 Å². The van der Waals surface area contributed by atoms with Gasteiger partial charge in [-0.2, -0.15) is 5.10 Å². The van der Waals surface area contributed by atoms with Crippen molar-refractivity contribution in [2.75, 3.05) is 0 Å². The summed E-state index contributed by atoms with van der Waals surface area (Å²) in [5.41, 5.74) is 3.63. The van der Waals surface area contributed by atoms with Crippen molar-refractivity contribution in [3.63, 3.8) is 0 Å². The van der Waals surface area contributed by atoms with Crippen LogP contribution in [0.4, 0.5) is 0 Å². The SMILES string of the molecule is Oc1ccc(/C=C/c2cc(-c3ccc(O)cc3)n[nH]2)cc1. The fourth-order valence-electron chi connectivity index (χ4n) is 1.97. The summed E-state index contributed by atoms with van der Waals surface area (Å²) in [6.07, 6.45) is 3.86. The molecular weight excluding hydrogens is 264 g/mol. The van der Waals surface area contributed by atoms with E-state index in [0.29, 0.717) is 0 Å². The Kier molecular flexibility index (Phi) is 3.43. The van der Waals surface area contributed by atoms with Crippen molar-refractivity contribution < 1.29 is 10.2 Å². The van der Waals surface area contributed by atoms with Crippen LogP contribution in [-0.4, -0.2) is 20.4 Å². The highest BCUT2D eigenvalue weighted by Crippen LogP contribution is 2.21. The third kappa shape index (κ3) is 3.12. The molecule has 1 aromatic heterocycles.